The molecule has 0 aliphatic rings. The summed E-state index contributed by atoms with van der Waals surface area (Å²) in [6.07, 6.45) is 0.493. The maximum Gasteiger partial charge on any atom is 0.412 e. The highest BCUT2D eigenvalue weighted by atomic mass is 35.5. The van der Waals surface area contributed by atoms with Crippen molar-refractivity contribution in [2.75, 3.05) is 6.54 Å². The number of aromatic nitrogens is 2. The number of nitrogens with two attached hydrogens (primary N) is 1. The first kappa shape index (κ1) is 32.5. The van der Waals surface area contributed by atoms with Crippen LogP contribution < -0.4 is 21.1 Å². The lowest BCUT2D eigenvalue weighted by atomic mass is 10.0. The van der Waals surface area contributed by atoms with Gasteiger partial charge in [-0.2, -0.15) is 4.98 Å². The fraction of sp³-hybridized carbons (Fsp3) is 0.258. The molecule has 1 aromatic heterocycles. The number of halogens is 2. The second-order valence-electron chi connectivity index (χ2n) is 9.73. The van der Waals surface area contributed by atoms with Crippen LogP contribution in [0.3, 0.4) is 0 Å². The van der Waals surface area contributed by atoms with Gasteiger partial charge in [-0.1, -0.05) is 76.9 Å². The van der Waals surface area contributed by atoms with Crippen LogP contribution in [0.2, 0.25) is 10.0 Å². The second-order valence-corrected chi connectivity index (χ2v) is 10.5. The summed E-state index contributed by atoms with van der Waals surface area (Å²) >= 11 is 11.9. The Hall–Kier alpha value is -4.45. The van der Waals surface area contributed by atoms with Gasteiger partial charge in [-0.05, 0) is 66.8 Å². The molecular formula is C31H31Cl2N5O6. The van der Waals surface area contributed by atoms with E-state index in [0.29, 0.717) is 41.6 Å². The highest BCUT2D eigenvalue weighted by molar-refractivity contribution is 6.42. The Labute approximate surface area is 264 Å². The molecule has 4 N–H and O–H groups in total. The molecule has 1 atom stereocenters. The number of ketones is 1. The Balaban J connectivity index is 1.29. The van der Waals surface area contributed by atoms with Gasteiger partial charge in [0.05, 0.1) is 22.5 Å². The average Bonchev–Trinajstić information content (AvgIpc) is 3.50. The van der Waals surface area contributed by atoms with Crippen molar-refractivity contribution < 1.29 is 28.4 Å². The van der Waals surface area contributed by atoms with Crippen molar-refractivity contribution in [3.05, 3.63) is 111 Å². The molecule has 0 saturated carbocycles. The maximum absolute atomic E-state index is 13.2. The van der Waals surface area contributed by atoms with Crippen LogP contribution >= 0.6 is 23.2 Å². The summed E-state index contributed by atoms with van der Waals surface area (Å²) in [4.78, 5) is 42.0. The van der Waals surface area contributed by atoms with Gasteiger partial charge in [0.2, 0.25) is 17.5 Å². The molecule has 4 aromatic rings. The molecule has 0 fully saturated rings. The topological polar surface area (TPSA) is 159 Å². The van der Waals surface area contributed by atoms with Crippen LogP contribution in [0.5, 0.6) is 5.75 Å². The summed E-state index contributed by atoms with van der Waals surface area (Å²) in [6.45, 7) is 0.735. The first-order valence-electron chi connectivity index (χ1n) is 13.8. The Morgan fingerprint density at radius 3 is 2.36 bits per heavy atom. The summed E-state index contributed by atoms with van der Waals surface area (Å²) in [7, 11) is 0. The molecule has 44 heavy (non-hydrogen) atoms. The lowest BCUT2D eigenvalue weighted by Crippen LogP contribution is -2.41. The third-order valence-electron chi connectivity index (χ3n) is 6.37. The number of rotatable bonds is 14. The highest BCUT2D eigenvalue weighted by Crippen LogP contribution is 2.22. The minimum absolute atomic E-state index is 0.0655. The number of Topliss-reactive ketones (excluding diaryl/α,β-unsaturated/α-hetero) is 1. The third-order valence-corrected chi connectivity index (χ3v) is 7.11. The molecule has 230 valence electrons. The Morgan fingerprint density at radius 2 is 1.64 bits per heavy atom. The minimum Gasteiger partial charge on any atom is -0.445 e. The summed E-state index contributed by atoms with van der Waals surface area (Å²) in [5.74, 6) is -0.120. The molecule has 13 heteroatoms. The summed E-state index contributed by atoms with van der Waals surface area (Å²) in [5, 5.41) is 9.91. The van der Waals surface area contributed by atoms with E-state index >= 15 is 0 Å². The Kier molecular flexibility index (Phi) is 12.1. The Bertz CT molecular complexity index is 1550. The van der Waals surface area contributed by atoms with E-state index in [1.807, 2.05) is 30.3 Å². The lowest BCUT2D eigenvalue weighted by Gasteiger charge is -2.16. The number of carbonyl (C=O) groups is 3. The van der Waals surface area contributed by atoms with Crippen molar-refractivity contribution in [2.45, 2.75) is 44.9 Å². The quantitative estimate of drug-likeness (QED) is 0.113. The molecule has 11 nitrogen and oxygen atoms in total. The molecule has 0 aliphatic carbocycles. The summed E-state index contributed by atoms with van der Waals surface area (Å²) < 4.78 is 15.9. The van der Waals surface area contributed by atoms with Crippen LogP contribution in [0.25, 0.3) is 0 Å². The number of hydrogen-bond acceptors (Lipinski definition) is 9. The first-order chi connectivity index (χ1) is 21.3. The first-order valence-corrected chi connectivity index (χ1v) is 14.6. The number of benzene rings is 3. The number of amides is 2. The lowest BCUT2D eigenvalue weighted by molar-refractivity contribution is 0.0896. The fourth-order valence-electron chi connectivity index (χ4n) is 4.07. The van der Waals surface area contributed by atoms with Crippen LogP contribution in [0.15, 0.2) is 77.3 Å². The van der Waals surface area contributed by atoms with Crippen molar-refractivity contribution in [2.24, 2.45) is 5.73 Å². The largest absolute Gasteiger partial charge is 0.445 e. The summed E-state index contributed by atoms with van der Waals surface area (Å²) in [5.41, 5.74) is 7.96. The standard InChI is InChI=1S/C31H31Cl2N5O6/c32-24-14-11-22(16-25(24)33)18-35-30(40)43-23-12-9-20(10-13-23)17-27-37-29(38-44-27)28(39)26(8-4-5-15-34)36-31(41)42-19-21-6-2-1-3-7-21/h1-3,6-7,9-14,16,26H,4-5,8,15,17-19,34H2,(H,35,40)(H,36,41). The normalized spacial score (nSPS) is 11.4. The van der Waals surface area contributed by atoms with Crippen LogP contribution in [0.1, 0.15) is 52.5 Å². The van der Waals surface area contributed by atoms with Gasteiger partial charge in [0, 0.05) is 6.54 Å². The molecular weight excluding hydrogens is 609 g/mol. The van der Waals surface area contributed by atoms with Crippen molar-refractivity contribution in [3.8, 4) is 5.75 Å². The van der Waals surface area contributed by atoms with Gasteiger partial charge in [0.15, 0.2) is 0 Å². The van der Waals surface area contributed by atoms with E-state index in [1.54, 1.807) is 42.5 Å². The fourth-order valence-corrected chi connectivity index (χ4v) is 4.39. The number of unbranched alkanes of at least 4 members (excludes halogenated alkanes) is 1. The molecule has 1 unspecified atom stereocenters. The minimum atomic E-state index is -0.908. The van der Waals surface area contributed by atoms with E-state index in [0.717, 1.165) is 16.7 Å². The molecule has 0 radical (unpaired) electrons. The molecule has 1 heterocycles. The zero-order valence-corrected chi connectivity index (χ0v) is 25.1. The van der Waals surface area contributed by atoms with Gasteiger partial charge in [0.25, 0.3) is 0 Å². The second kappa shape index (κ2) is 16.4. The molecule has 3 aromatic carbocycles. The van der Waals surface area contributed by atoms with Gasteiger partial charge in [0.1, 0.15) is 12.4 Å². The van der Waals surface area contributed by atoms with Gasteiger partial charge in [-0.3, -0.25) is 4.79 Å². The van der Waals surface area contributed by atoms with Gasteiger partial charge in [-0.25, -0.2) is 9.59 Å². The number of alkyl carbamates (subject to hydrolysis) is 1. The smallest absolute Gasteiger partial charge is 0.412 e. The Morgan fingerprint density at radius 1 is 0.886 bits per heavy atom. The van der Waals surface area contributed by atoms with Crippen molar-refractivity contribution in [3.63, 3.8) is 0 Å². The van der Waals surface area contributed by atoms with E-state index in [-0.39, 0.29) is 31.3 Å². The number of nitrogens with zero attached hydrogens (tertiary/aromatic N) is 2. The number of hydrogen-bond donors (Lipinski definition) is 3. The van der Waals surface area contributed by atoms with Crippen LogP contribution in [-0.2, 0) is 24.3 Å². The van der Waals surface area contributed by atoms with E-state index in [2.05, 4.69) is 20.8 Å². The summed E-state index contributed by atoms with van der Waals surface area (Å²) in [6, 6.07) is 20.1. The van der Waals surface area contributed by atoms with Crippen LogP contribution in [0, 0.1) is 0 Å². The van der Waals surface area contributed by atoms with Gasteiger partial charge >= 0.3 is 12.2 Å². The molecule has 0 bridgehead atoms. The van der Waals surface area contributed by atoms with E-state index < -0.39 is 24.0 Å². The zero-order chi connectivity index (χ0) is 31.3. The molecule has 2 amide bonds. The SMILES string of the molecule is NCCCCC(NC(=O)OCc1ccccc1)C(=O)c1noc(Cc2ccc(OC(=O)NCc3ccc(Cl)c(Cl)c3)cc2)n1. The predicted molar refractivity (Wildman–Crippen MR) is 164 cm³/mol. The van der Waals surface area contributed by atoms with Crippen molar-refractivity contribution in [1.29, 1.82) is 0 Å². The number of carbonyl (C=O) groups excluding carboxylic acids is 3. The molecule has 4 rings (SSSR count). The van der Waals surface area contributed by atoms with E-state index in [1.165, 1.54) is 0 Å². The molecule has 0 saturated heterocycles. The number of ether oxygens (including phenoxy) is 2. The number of nitrogens with one attached hydrogen (secondary N) is 2. The van der Waals surface area contributed by atoms with Crippen LogP contribution in [-0.4, -0.2) is 40.7 Å². The van der Waals surface area contributed by atoms with E-state index in [9.17, 15) is 14.4 Å². The average molecular weight is 641 g/mol. The van der Waals surface area contributed by atoms with Gasteiger partial charge < -0.3 is 30.4 Å². The van der Waals surface area contributed by atoms with Crippen LogP contribution in [0.4, 0.5) is 9.59 Å². The third kappa shape index (κ3) is 10.1. The maximum atomic E-state index is 13.2. The van der Waals surface area contributed by atoms with Crippen molar-refractivity contribution in [1.82, 2.24) is 20.8 Å². The molecule has 0 spiro atoms. The highest BCUT2D eigenvalue weighted by Gasteiger charge is 2.27. The van der Waals surface area contributed by atoms with Crippen molar-refractivity contribution >= 4 is 41.2 Å². The zero-order valence-electron chi connectivity index (χ0n) is 23.6. The predicted octanol–water partition coefficient (Wildman–Crippen LogP) is 5.86. The van der Waals surface area contributed by atoms with Gasteiger partial charge in [-0.15, -0.1) is 0 Å². The van der Waals surface area contributed by atoms with E-state index in [4.69, 9.17) is 42.9 Å². The molecule has 0 aliphatic heterocycles. The monoisotopic (exact) mass is 639 g/mol.